The summed E-state index contributed by atoms with van der Waals surface area (Å²) in [6.45, 7) is 6.93. The van der Waals surface area contributed by atoms with Crippen LogP contribution in [-0.2, 0) is 11.8 Å². The first-order valence-electron chi connectivity index (χ1n) is 8.65. The topological polar surface area (TPSA) is 59.3 Å². The number of carbonyl (C=O) groups excluding carboxylic acids is 1. The molecule has 0 saturated carbocycles. The Morgan fingerprint density at radius 1 is 1.20 bits per heavy atom. The zero-order valence-corrected chi connectivity index (χ0v) is 14.8. The first-order valence-corrected chi connectivity index (χ1v) is 8.65. The monoisotopic (exact) mass is 334 g/mol. The minimum Gasteiger partial charge on any atom is -0.351 e. The molecule has 1 amide bonds. The van der Waals surface area contributed by atoms with Crippen molar-refractivity contribution in [3.8, 4) is 0 Å². The first-order chi connectivity index (χ1) is 11.9. The molecule has 0 saturated heterocycles. The Morgan fingerprint density at radius 3 is 2.76 bits per heavy atom. The summed E-state index contributed by atoms with van der Waals surface area (Å²) in [6, 6.07) is 12.1. The molecular weight excluding hydrogens is 312 g/mol. The molecule has 1 N–H and O–H groups in total. The van der Waals surface area contributed by atoms with Crippen molar-refractivity contribution in [2.24, 2.45) is 0 Å². The van der Waals surface area contributed by atoms with Crippen LogP contribution < -0.4 is 5.32 Å². The van der Waals surface area contributed by atoms with E-state index in [2.05, 4.69) is 60.6 Å². The average molecular weight is 334 g/mol. The highest BCUT2D eigenvalue weighted by atomic mass is 16.1. The van der Waals surface area contributed by atoms with E-state index in [1.165, 1.54) is 11.1 Å². The molecule has 0 bridgehead atoms. The second-order valence-corrected chi connectivity index (χ2v) is 7.73. The first kappa shape index (κ1) is 15.8. The van der Waals surface area contributed by atoms with Crippen LogP contribution in [0.4, 0.5) is 0 Å². The molecule has 1 aromatic carbocycles. The molecule has 2 aromatic heterocycles. The summed E-state index contributed by atoms with van der Waals surface area (Å²) in [7, 11) is 0. The number of nitrogens with one attached hydrogen (secondary N) is 1. The number of hydrogen-bond donors (Lipinski definition) is 1. The zero-order chi connectivity index (χ0) is 17.6. The summed E-state index contributed by atoms with van der Waals surface area (Å²) >= 11 is 0. The average Bonchev–Trinajstić information content (AvgIpc) is 2.98. The van der Waals surface area contributed by atoms with Gasteiger partial charge in [0.2, 0.25) is 0 Å². The fraction of sp³-hybridized carbons (Fsp3) is 0.350. The molecule has 0 aliphatic heterocycles. The minimum absolute atomic E-state index is 0.0557. The van der Waals surface area contributed by atoms with E-state index in [9.17, 15) is 4.79 Å². The Kier molecular flexibility index (Phi) is 3.60. The number of benzene rings is 1. The van der Waals surface area contributed by atoms with Crippen LogP contribution in [0.3, 0.4) is 0 Å². The minimum atomic E-state index is -0.135. The molecule has 0 radical (unpaired) electrons. The van der Waals surface area contributed by atoms with E-state index in [4.69, 9.17) is 0 Å². The van der Waals surface area contributed by atoms with Crippen molar-refractivity contribution in [3.05, 3.63) is 65.1 Å². The Hall–Kier alpha value is -2.69. The molecule has 3 aromatic rings. The second kappa shape index (κ2) is 5.69. The third-order valence-electron chi connectivity index (χ3n) is 4.81. The van der Waals surface area contributed by atoms with Gasteiger partial charge in [0, 0.05) is 24.1 Å². The van der Waals surface area contributed by atoms with Crippen LogP contribution in [-0.4, -0.2) is 27.0 Å². The van der Waals surface area contributed by atoms with Crippen molar-refractivity contribution in [1.82, 2.24) is 19.9 Å². The number of aromatic nitrogens is 3. The third-order valence-corrected chi connectivity index (χ3v) is 4.81. The number of nitrogens with zero attached hydrogens (tertiary/aromatic N) is 3. The van der Waals surface area contributed by atoms with Crippen molar-refractivity contribution < 1.29 is 4.79 Å². The lowest BCUT2D eigenvalue weighted by molar-refractivity contribution is 0.0949. The van der Waals surface area contributed by atoms with Crippen LogP contribution in [0.25, 0.3) is 5.65 Å². The Morgan fingerprint density at radius 2 is 2.00 bits per heavy atom. The predicted octanol–water partition coefficient (Wildman–Crippen LogP) is 3.10. The standard InChI is InChI=1S/C20H22N4O/c1-20(2,3)19-23-22-17-9-8-14(12-24(17)19)18(25)21-11-15-10-13-6-4-5-7-16(13)15/h4-9,12,15H,10-11H2,1-3H3,(H,21,25). The van der Waals surface area contributed by atoms with Crippen molar-refractivity contribution in [3.63, 3.8) is 0 Å². The van der Waals surface area contributed by atoms with Gasteiger partial charge < -0.3 is 5.32 Å². The quantitative estimate of drug-likeness (QED) is 0.801. The molecule has 128 valence electrons. The van der Waals surface area contributed by atoms with Gasteiger partial charge in [0.15, 0.2) is 5.65 Å². The van der Waals surface area contributed by atoms with Gasteiger partial charge in [-0.15, -0.1) is 10.2 Å². The lowest BCUT2D eigenvalue weighted by atomic mass is 9.77. The van der Waals surface area contributed by atoms with E-state index < -0.39 is 0 Å². The van der Waals surface area contributed by atoms with Crippen LogP contribution >= 0.6 is 0 Å². The number of carbonyl (C=O) groups is 1. The van der Waals surface area contributed by atoms with Crippen LogP contribution in [0.15, 0.2) is 42.6 Å². The summed E-state index contributed by atoms with van der Waals surface area (Å²) in [5.41, 5.74) is 4.00. The highest BCUT2D eigenvalue weighted by molar-refractivity contribution is 5.94. The molecule has 4 rings (SSSR count). The van der Waals surface area contributed by atoms with Crippen LogP contribution in [0.5, 0.6) is 0 Å². The fourth-order valence-electron chi connectivity index (χ4n) is 3.40. The maximum absolute atomic E-state index is 12.6. The molecule has 1 aliphatic carbocycles. The highest BCUT2D eigenvalue weighted by Gasteiger charge is 2.26. The van der Waals surface area contributed by atoms with Gasteiger partial charge in [-0.2, -0.15) is 0 Å². The van der Waals surface area contributed by atoms with Gasteiger partial charge in [0.25, 0.3) is 5.91 Å². The zero-order valence-electron chi connectivity index (χ0n) is 14.8. The molecule has 0 fully saturated rings. The number of fused-ring (bicyclic) bond motifs is 2. The lowest BCUT2D eigenvalue weighted by Gasteiger charge is -2.30. The molecule has 1 aliphatic rings. The summed E-state index contributed by atoms with van der Waals surface area (Å²) in [5, 5.41) is 11.5. The second-order valence-electron chi connectivity index (χ2n) is 7.73. The Balaban J connectivity index is 1.51. The van der Waals surface area contributed by atoms with Crippen LogP contribution in [0.1, 0.15) is 54.0 Å². The van der Waals surface area contributed by atoms with Gasteiger partial charge in [0.1, 0.15) is 5.82 Å². The number of rotatable bonds is 3. The molecule has 0 spiro atoms. The van der Waals surface area contributed by atoms with Gasteiger partial charge in [0.05, 0.1) is 5.56 Å². The van der Waals surface area contributed by atoms with Crippen LogP contribution in [0, 0.1) is 0 Å². The third kappa shape index (κ3) is 2.80. The van der Waals surface area contributed by atoms with Crippen molar-refractivity contribution in [2.75, 3.05) is 6.54 Å². The van der Waals surface area contributed by atoms with Crippen molar-refractivity contribution >= 4 is 11.6 Å². The largest absolute Gasteiger partial charge is 0.351 e. The summed E-state index contributed by atoms with van der Waals surface area (Å²) < 4.78 is 1.91. The maximum atomic E-state index is 12.6. The number of amides is 1. The molecule has 2 heterocycles. The van der Waals surface area contributed by atoms with Gasteiger partial charge in [-0.05, 0) is 29.7 Å². The summed E-state index contributed by atoms with van der Waals surface area (Å²) in [5.74, 6) is 1.22. The normalized spacial score (nSPS) is 16.4. The van der Waals surface area contributed by atoms with Crippen LogP contribution in [0.2, 0.25) is 0 Å². The SMILES string of the molecule is CC(C)(C)c1nnc2ccc(C(=O)NCC3Cc4ccccc43)cn12. The summed E-state index contributed by atoms with van der Waals surface area (Å²) in [6.07, 6.45) is 2.87. The van der Waals surface area contributed by atoms with Gasteiger partial charge in [-0.25, -0.2) is 0 Å². The smallest absolute Gasteiger partial charge is 0.252 e. The van der Waals surface area contributed by atoms with Gasteiger partial charge >= 0.3 is 0 Å². The van der Waals surface area contributed by atoms with E-state index >= 15 is 0 Å². The van der Waals surface area contributed by atoms with Gasteiger partial charge in [-0.1, -0.05) is 45.0 Å². The maximum Gasteiger partial charge on any atom is 0.252 e. The predicted molar refractivity (Wildman–Crippen MR) is 96.9 cm³/mol. The fourth-order valence-corrected chi connectivity index (χ4v) is 3.40. The molecule has 25 heavy (non-hydrogen) atoms. The van der Waals surface area contributed by atoms with Gasteiger partial charge in [-0.3, -0.25) is 9.20 Å². The van der Waals surface area contributed by atoms with E-state index in [0.717, 1.165) is 17.9 Å². The van der Waals surface area contributed by atoms with E-state index in [0.29, 0.717) is 18.0 Å². The van der Waals surface area contributed by atoms with Crippen molar-refractivity contribution in [2.45, 2.75) is 38.5 Å². The lowest BCUT2D eigenvalue weighted by Crippen LogP contribution is -2.33. The molecular formula is C20H22N4O. The Labute approximate surface area is 147 Å². The highest BCUT2D eigenvalue weighted by Crippen LogP contribution is 2.34. The molecule has 5 heteroatoms. The van der Waals surface area contributed by atoms with E-state index in [1.807, 2.05) is 16.7 Å². The molecule has 1 atom stereocenters. The van der Waals surface area contributed by atoms with E-state index in [-0.39, 0.29) is 11.3 Å². The Bertz CT molecular complexity index is 952. The summed E-state index contributed by atoms with van der Waals surface area (Å²) in [4.78, 5) is 12.6. The van der Waals surface area contributed by atoms with E-state index in [1.54, 1.807) is 6.07 Å². The number of pyridine rings is 1. The van der Waals surface area contributed by atoms with Crippen molar-refractivity contribution in [1.29, 1.82) is 0 Å². The molecule has 5 nitrogen and oxygen atoms in total. The number of hydrogen-bond acceptors (Lipinski definition) is 3. The molecule has 1 unspecified atom stereocenters.